The summed E-state index contributed by atoms with van der Waals surface area (Å²) in [7, 11) is 0. The van der Waals surface area contributed by atoms with E-state index in [1.807, 2.05) is 114 Å². The zero-order chi connectivity index (χ0) is 47.2. The SMILES string of the molecule is [2H]c1cc(N(c2ccc(-c3ccccc3)cc2)c2ccc(-c3ccccc3)cc2)cc([2H])c1-c1c([2H])cc2c(oc3c([2H])c([2H])c4c([2H])c([2H])c(-c5c([2H])c([2H])c([2H])c([2H])c5[2H])cc4c32)c1[2H]. The number of fused-ring (bicyclic) bond motifs is 5. The highest BCUT2D eigenvalue weighted by Gasteiger charge is 2.16. The summed E-state index contributed by atoms with van der Waals surface area (Å²) in [5, 5.41) is 0.232. The Morgan fingerprint density at radius 1 is 0.370 bits per heavy atom. The highest BCUT2D eigenvalue weighted by molar-refractivity contribution is 6.19. The molecule has 10 aromatic rings. The van der Waals surface area contributed by atoms with Crippen LogP contribution in [0.4, 0.5) is 17.1 Å². The van der Waals surface area contributed by atoms with Gasteiger partial charge in [-0.25, -0.2) is 0 Å². The summed E-state index contributed by atoms with van der Waals surface area (Å²) in [4.78, 5) is 1.94. The van der Waals surface area contributed by atoms with Crippen molar-refractivity contribution in [3.05, 3.63) is 212 Å². The molecule has 10 rings (SSSR count). The molecule has 9 aromatic carbocycles. The Labute approximate surface area is 333 Å². The van der Waals surface area contributed by atoms with E-state index < -0.39 is 54.4 Å². The monoisotopic (exact) mass is 702 g/mol. The van der Waals surface area contributed by atoms with Gasteiger partial charge in [-0.15, -0.1) is 0 Å². The molecule has 0 unspecified atom stereocenters. The van der Waals surface area contributed by atoms with Crippen molar-refractivity contribution in [1.29, 1.82) is 0 Å². The maximum absolute atomic E-state index is 9.47. The Bertz CT molecular complexity index is 3520. The topological polar surface area (TPSA) is 16.4 Å². The van der Waals surface area contributed by atoms with Crippen molar-refractivity contribution >= 4 is 49.8 Å². The molecule has 1 aromatic heterocycles. The second kappa shape index (κ2) is 13.4. The average molecular weight is 703 g/mol. The van der Waals surface area contributed by atoms with Crippen LogP contribution >= 0.6 is 0 Å². The third-order valence-corrected chi connectivity index (χ3v) is 9.47. The number of nitrogens with zero attached hydrogens (tertiary/aromatic N) is 1. The summed E-state index contributed by atoms with van der Waals surface area (Å²) in [5.74, 6) is 0. The molecule has 0 saturated carbocycles. The van der Waals surface area contributed by atoms with Crippen LogP contribution in [-0.4, -0.2) is 0 Å². The average Bonchev–Trinajstić information content (AvgIpc) is 3.72. The Hall–Kier alpha value is -7.16. The van der Waals surface area contributed by atoms with Crippen LogP contribution in [0.2, 0.25) is 0 Å². The van der Waals surface area contributed by atoms with Gasteiger partial charge < -0.3 is 9.32 Å². The molecule has 0 aliphatic rings. The molecule has 0 fully saturated rings. The van der Waals surface area contributed by atoms with Crippen molar-refractivity contribution in [3.63, 3.8) is 0 Å². The van der Waals surface area contributed by atoms with Gasteiger partial charge in [-0.2, -0.15) is 0 Å². The first-order chi connectivity index (χ1) is 32.2. The van der Waals surface area contributed by atoms with Crippen LogP contribution in [0.3, 0.4) is 0 Å². The summed E-state index contributed by atoms with van der Waals surface area (Å²) in [5.41, 5.74) is 5.27. The Morgan fingerprint density at radius 2 is 0.907 bits per heavy atom. The molecule has 0 N–H and O–H groups in total. The predicted molar refractivity (Wildman–Crippen MR) is 228 cm³/mol. The third kappa shape index (κ3) is 5.81. The lowest BCUT2D eigenvalue weighted by Gasteiger charge is -2.26. The van der Waals surface area contributed by atoms with Gasteiger partial charge in [-0.1, -0.05) is 151 Å². The molecule has 0 atom stereocenters. The smallest absolute Gasteiger partial charge is 0.136 e. The van der Waals surface area contributed by atoms with Gasteiger partial charge in [-0.3, -0.25) is 0 Å². The summed E-state index contributed by atoms with van der Waals surface area (Å²) < 4.78 is 121. The van der Waals surface area contributed by atoms with Gasteiger partial charge in [0.1, 0.15) is 11.2 Å². The fraction of sp³-hybridized carbons (Fsp3) is 0. The predicted octanol–water partition coefficient (Wildman–Crippen LogP) is 14.9. The van der Waals surface area contributed by atoms with E-state index in [4.69, 9.17) is 16.8 Å². The van der Waals surface area contributed by atoms with E-state index in [1.54, 1.807) is 12.1 Å². The molecule has 0 spiro atoms. The normalized spacial score (nSPS) is 14.7. The standard InChI is InChI=1S/C52H35NO/c1-4-10-36(11-5-1)39-18-26-45(27-19-39)53(46-28-20-40(21-29-46)37-12-6-2-7-13-37)47-30-22-41(23-31-47)44-24-32-48-51(35-44)54-50-33-25-42-16-17-43(34-49(42)52(48)50)38-14-8-3-9-15-38/h1-35H/i3D,8D,9D,14D,15D,16D,17D,22D,23D,24D,25D,33D,35D. The Kier molecular flexibility index (Phi) is 5.17. The van der Waals surface area contributed by atoms with Crippen molar-refractivity contribution in [3.8, 4) is 44.5 Å². The lowest BCUT2D eigenvalue weighted by molar-refractivity contribution is 0.669. The molecule has 2 heteroatoms. The summed E-state index contributed by atoms with van der Waals surface area (Å²) in [6, 6.07) is 35.9. The fourth-order valence-electron chi connectivity index (χ4n) is 6.81. The molecule has 54 heavy (non-hydrogen) atoms. The van der Waals surface area contributed by atoms with Gasteiger partial charge in [-0.05, 0) is 116 Å². The quantitative estimate of drug-likeness (QED) is 0.164. The van der Waals surface area contributed by atoms with Crippen LogP contribution in [0.25, 0.3) is 77.2 Å². The first-order valence-corrected chi connectivity index (χ1v) is 17.4. The fourth-order valence-corrected chi connectivity index (χ4v) is 6.81. The maximum atomic E-state index is 9.47. The molecule has 0 radical (unpaired) electrons. The van der Waals surface area contributed by atoms with Gasteiger partial charge in [0.2, 0.25) is 0 Å². The van der Waals surface area contributed by atoms with Crippen LogP contribution in [-0.2, 0) is 0 Å². The van der Waals surface area contributed by atoms with Crippen LogP contribution in [0.1, 0.15) is 17.8 Å². The lowest BCUT2D eigenvalue weighted by atomic mass is 9.97. The molecule has 0 saturated heterocycles. The largest absolute Gasteiger partial charge is 0.456 e. The number of hydrogen-bond acceptors (Lipinski definition) is 2. The minimum Gasteiger partial charge on any atom is -0.456 e. The van der Waals surface area contributed by atoms with Gasteiger partial charge in [0.25, 0.3) is 0 Å². The zero-order valence-electron chi connectivity index (χ0n) is 41.6. The number of rotatable bonds is 7. The van der Waals surface area contributed by atoms with Crippen molar-refractivity contribution in [2.75, 3.05) is 4.90 Å². The summed E-state index contributed by atoms with van der Waals surface area (Å²) in [6.45, 7) is 0. The zero-order valence-corrected chi connectivity index (χ0v) is 28.6. The van der Waals surface area contributed by atoms with Crippen LogP contribution in [0, 0.1) is 0 Å². The van der Waals surface area contributed by atoms with E-state index in [1.165, 1.54) is 12.1 Å². The molecule has 2 nitrogen and oxygen atoms in total. The van der Waals surface area contributed by atoms with E-state index >= 15 is 0 Å². The van der Waals surface area contributed by atoms with Gasteiger partial charge >= 0.3 is 0 Å². The van der Waals surface area contributed by atoms with Gasteiger partial charge in [0.15, 0.2) is 0 Å². The lowest BCUT2D eigenvalue weighted by Crippen LogP contribution is -2.09. The maximum Gasteiger partial charge on any atom is 0.136 e. The molecular weight excluding hydrogens is 655 g/mol. The molecule has 0 amide bonds. The van der Waals surface area contributed by atoms with E-state index in [0.29, 0.717) is 5.69 Å². The van der Waals surface area contributed by atoms with Crippen LogP contribution in [0.5, 0.6) is 0 Å². The number of furan rings is 1. The van der Waals surface area contributed by atoms with E-state index in [0.717, 1.165) is 33.6 Å². The second-order valence-electron chi connectivity index (χ2n) is 12.7. The summed E-state index contributed by atoms with van der Waals surface area (Å²) in [6.07, 6.45) is 0. The third-order valence-electron chi connectivity index (χ3n) is 9.47. The van der Waals surface area contributed by atoms with E-state index in [9.17, 15) is 5.48 Å². The molecular formula is C52H35NO. The molecule has 0 aliphatic heterocycles. The summed E-state index contributed by atoms with van der Waals surface area (Å²) >= 11 is 0. The first kappa shape index (κ1) is 20.8. The highest BCUT2D eigenvalue weighted by atomic mass is 16.3. The Morgan fingerprint density at radius 3 is 1.54 bits per heavy atom. The number of benzene rings is 9. The van der Waals surface area contributed by atoms with Gasteiger partial charge in [0.05, 0.1) is 17.8 Å². The van der Waals surface area contributed by atoms with Crippen molar-refractivity contribution in [1.82, 2.24) is 0 Å². The molecule has 254 valence electrons. The molecule has 0 bridgehead atoms. The van der Waals surface area contributed by atoms with E-state index in [-0.39, 0.29) is 79.1 Å². The van der Waals surface area contributed by atoms with Crippen molar-refractivity contribution in [2.45, 2.75) is 0 Å². The highest BCUT2D eigenvalue weighted by Crippen LogP contribution is 2.40. The van der Waals surface area contributed by atoms with Crippen LogP contribution in [0.15, 0.2) is 216 Å². The van der Waals surface area contributed by atoms with Crippen LogP contribution < -0.4 is 4.90 Å². The Balaban J connectivity index is 1.14. The van der Waals surface area contributed by atoms with Crippen molar-refractivity contribution < 1.29 is 22.2 Å². The van der Waals surface area contributed by atoms with Gasteiger partial charge in [0, 0.05) is 27.8 Å². The number of hydrogen-bond donors (Lipinski definition) is 0. The minimum atomic E-state index is -0.632. The second-order valence-corrected chi connectivity index (χ2v) is 12.7. The molecule has 0 aliphatic carbocycles. The minimum absolute atomic E-state index is 0.00666. The molecule has 1 heterocycles. The van der Waals surface area contributed by atoms with E-state index in [2.05, 4.69) is 0 Å². The number of anilines is 3. The van der Waals surface area contributed by atoms with Crippen molar-refractivity contribution in [2.24, 2.45) is 0 Å². The first-order valence-electron chi connectivity index (χ1n) is 23.9.